The van der Waals surface area contributed by atoms with Gasteiger partial charge in [0.2, 0.25) is 15.9 Å². The van der Waals surface area contributed by atoms with Crippen molar-refractivity contribution >= 4 is 44.0 Å². The van der Waals surface area contributed by atoms with Crippen LogP contribution in [0, 0.1) is 0 Å². The highest BCUT2D eigenvalue weighted by Crippen LogP contribution is 2.35. The molecule has 10 heteroatoms. The molecule has 148 valence electrons. The summed E-state index contributed by atoms with van der Waals surface area (Å²) in [5, 5.41) is 5.67. The highest BCUT2D eigenvalue weighted by Gasteiger charge is 2.41. The SMILES string of the molecule is CC(=O)Nc1ccc(C(=O)Nc2nc3c(s2)CN(S(=O)(=O)C2CC2)CC3)cc1. The number of thiazole rings is 1. The van der Waals surface area contributed by atoms with Crippen LogP contribution in [-0.2, 0) is 27.8 Å². The summed E-state index contributed by atoms with van der Waals surface area (Å²) in [5.74, 6) is -0.480. The van der Waals surface area contributed by atoms with Crippen LogP contribution in [0.2, 0.25) is 0 Å². The van der Waals surface area contributed by atoms with Crippen molar-refractivity contribution in [3.63, 3.8) is 0 Å². The zero-order valence-electron chi connectivity index (χ0n) is 15.3. The van der Waals surface area contributed by atoms with Gasteiger partial charge in [0.25, 0.3) is 5.91 Å². The van der Waals surface area contributed by atoms with Crippen molar-refractivity contribution in [2.24, 2.45) is 0 Å². The molecule has 0 spiro atoms. The first-order valence-electron chi connectivity index (χ1n) is 8.99. The van der Waals surface area contributed by atoms with Gasteiger partial charge >= 0.3 is 0 Å². The first-order chi connectivity index (χ1) is 13.3. The number of amides is 2. The van der Waals surface area contributed by atoms with Crippen molar-refractivity contribution in [1.82, 2.24) is 9.29 Å². The molecule has 2 aromatic rings. The Balaban J connectivity index is 1.43. The van der Waals surface area contributed by atoms with Gasteiger partial charge in [-0.2, -0.15) is 4.31 Å². The average Bonchev–Trinajstić information content (AvgIpc) is 3.43. The molecule has 2 amide bonds. The minimum atomic E-state index is -3.21. The largest absolute Gasteiger partial charge is 0.326 e. The molecule has 0 bridgehead atoms. The van der Waals surface area contributed by atoms with Gasteiger partial charge in [-0.1, -0.05) is 0 Å². The van der Waals surface area contributed by atoms with Gasteiger partial charge in [0.15, 0.2) is 5.13 Å². The normalized spacial score (nSPS) is 17.0. The summed E-state index contributed by atoms with van der Waals surface area (Å²) >= 11 is 1.32. The van der Waals surface area contributed by atoms with Gasteiger partial charge in [0.05, 0.1) is 10.9 Å². The number of carbonyl (C=O) groups excluding carboxylic acids is 2. The van der Waals surface area contributed by atoms with Crippen molar-refractivity contribution in [3.8, 4) is 0 Å². The highest BCUT2D eigenvalue weighted by molar-refractivity contribution is 7.90. The van der Waals surface area contributed by atoms with Crippen molar-refractivity contribution in [1.29, 1.82) is 0 Å². The predicted octanol–water partition coefficient (Wildman–Crippen LogP) is 2.20. The number of sulfonamides is 1. The maximum absolute atomic E-state index is 12.4. The van der Waals surface area contributed by atoms with Crippen LogP contribution in [0.1, 0.15) is 40.7 Å². The van der Waals surface area contributed by atoms with E-state index in [1.807, 2.05) is 0 Å². The van der Waals surface area contributed by atoms with E-state index in [1.54, 1.807) is 24.3 Å². The third-order valence-electron chi connectivity index (χ3n) is 4.69. The molecular weight excluding hydrogens is 400 g/mol. The molecule has 1 aromatic carbocycles. The van der Waals surface area contributed by atoms with Gasteiger partial charge < -0.3 is 5.32 Å². The van der Waals surface area contributed by atoms with E-state index < -0.39 is 10.0 Å². The van der Waals surface area contributed by atoms with E-state index in [2.05, 4.69) is 15.6 Å². The Bertz CT molecular complexity index is 1030. The van der Waals surface area contributed by atoms with E-state index >= 15 is 0 Å². The van der Waals surface area contributed by atoms with E-state index in [0.29, 0.717) is 35.9 Å². The number of fused-ring (bicyclic) bond motifs is 1. The molecule has 2 aliphatic rings. The zero-order valence-corrected chi connectivity index (χ0v) is 16.9. The smallest absolute Gasteiger partial charge is 0.257 e. The quantitative estimate of drug-likeness (QED) is 0.771. The number of nitrogens with one attached hydrogen (secondary N) is 2. The Labute approximate surface area is 167 Å². The van der Waals surface area contributed by atoms with Crippen LogP contribution < -0.4 is 10.6 Å². The Morgan fingerprint density at radius 1 is 1.18 bits per heavy atom. The van der Waals surface area contributed by atoms with Gasteiger partial charge in [-0.05, 0) is 37.1 Å². The van der Waals surface area contributed by atoms with E-state index in [9.17, 15) is 18.0 Å². The van der Waals surface area contributed by atoms with E-state index in [-0.39, 0.29) is 17.1 Å². The Morgan fingerprint density at radius 3 is 2.54 bits per heavy atom. The molecular formula is C18H20N4O4S2. The van der Waals surface area contributed by atoms with Crippen molar-refractivity contribution in [2.45, 2.75) is 38.0 Å². The Morgan fingerprint density at radius 2 is 1.89 bits per heavy atom. The van der Waals surface area contributed by atoms with E-state index in [1.165, 1.54) is 22.6 Å². The second-order valence-electron chi connectivity index (χ2n) is 6.93. The Kier molecular flexibility index (Phi) is 4.94. The number of aromatic nitrogens is 1. The van der Waals surface area contributed by atoms with E-state index in [4.69, 9.17) is 0 Å². The second kappa shape index (κ2) is 7.26. The first kappa shape index (κ1) is 19.0. The third kappa shape index (κ3) is 3.94. The molecule has 1 fully saturated rings. The summed E-state index contributed by atoms with van der Waals surface area (Å²) in [4.78, 5) is 28.8. The van der Waals surface area contributed by atoms with Crippen molar-refractivity contribution < 1.29 is 18.0 Å². The van der Waals surface area contributed by atoms with Crippen LogP contribution in [0.4, 0.5) is 10.8 Å². The van der Waals surface area contributed by atoms with Gasteiger partial charge in [0, 0.05) is 42.6 Å². The summed E-state index contributed by atoms with van der Waals surface area (Å²) in [7, 11) is -3.21. The number of benzene rings is 1. The maximum atomic E-state index is 12.4. The summed E-state index contributed by atoms with van der Waals surface area (Å²) < 4.78 is 26.4. The molecule has 0 atom stereocenters. The molecule has 0 unspecified atom stereocenters. The standard InChI is InChI=1S/C18H20N4O4S2/c1-11(23)19-13-4-2-12(3-5-13)17(24)21-18-20-15-8-9-22(10-16(15)27-18)28(25,26)14-6-7-14/h2-5,14H,6-10H2,1H3,(H,19,23)(H,20,21,24). The predicted molar refractivity (Wildman–Crippen MR) is 107 cm³/mol. The van der Waals surface area contributed by atoms with Crippen LogP contribution in [-0.4, -0.2) is 41.3 Å². The maximum Gasteiger partial charge on any atom is 0.257 e. The molecule has 4 rings (SSSR count). The molecule has 1 aliphatic carbocycles. The minimum absolute atomic E-state index is 0.177. The molecule has 1 aliphatic heterocycles. The molecule has 2 heterocycles. The lowest BCUT2D eigenvalue weighted by molar-refractivity contribution is -0.114. The molecule has 2 N–H and O–H groups in total. The molecule has 0 radical (unpaired) electrons. The van der Waals surface area contributed by atoms with Crippen LogP contribution in [0.25, 0.3) is 0 Å². The van der Waals surface area contributed by atoms with Crippen molar-refractivity contribution in [2.75, 3.05) is 17.2 Å². The molecule has 1 aromatic heterocycles. The topological polar surface area (TPSA) is 108 Å². The van der Waals surface area contributed by atoms with Gasteiger partial charge in [-0.3, -0.25) is 14.9 Å². The summed E-state index contributed by atoms with van der Waals surface area (Å²) in [6.07, 6.45) is 2.05. The minimum Gasteiger partial charge on any atom is -0.326 e. The fraction of sp³-hybridized carbons (Fsp3) is 0.389. The number of hydrogen-bond acceptors (Lipinski definition) is 6. The lowest BCUT2D eigenvalue weighted by Crippen LogP contribution is -2.37. The average molecular weight is 421 g/mol. The molecule has 28 heavy (non-hydrogen) atoms. The monoisotopic (exact) mass is 420 g/mol. The van der Waals surface area contributed by atoms with E-state index in [0.717, 1.165) is 23.4 Å². The van der Waals surface area contributed by atoms with Crippen LogP contribution in [0.15, 0.2) is 24.3 Å². The molecule has 8 nitrogen and oxygen atoms in total. The Hall–Kier alpha value is -2.30. The molecule has 0 saturated heterocycles. The summed E-state index contributed by atoms with van der Waals surface area (Å²) in [6.45, 7) is 2.18. The fourth-order valence-corrected chi connectivity index (χ4v) is 6.01. The second-order valence-corrected chi connectivity index (χ2v) is 10.2. The zero-order chi connectivity index (χ0) is 19.9. The number of carbonyl (C=O) groups is 2. The number of anilines is 2. The van der Waals surface area contributed by atoms with Crippen LogP contribution in [0.5, 0.6) is 0 Å². The number of hydrogen-bond donors (Lipinski definition) is 2. The highest BCUT2D eigenvalue weighted by atomic mass is 32.2. The summed E-state index contributed by atoms with van der Waals surface area (Å²) in [6, 6.07) is 6.56. The summed E-state index contributed by atoms with van der Waals surface area (Å²) in [5.41, 5.74) is 1.91. The lowest BCUT2D eigenvalue weighted by atomic mass is 10.2. The lowest BCUT2D eigenvalue weighted by Gasteiger charge is -2.25. The van der Waals surface area contributed by atoms with Gasteiger partial charge in [0.1, 0.15) is 0 Å². The van der Waals surface area contributed by atoms with Gasteiger partial charge in [-0.15, -0.1) is 11.3 Å². The fourth-order valence-electron chi connectivity index (χ4n) is 3.10. The van der Waals surface area contributed by atoms with Crippen LogP contribution in [0.3, 0.4) is 0 Å². The number of nitrogens with zero attached hydrogens (tertiary/aromatic N) is 2. The van der Waals surface area contributed by atoms with Gasteiger partial charge in [-0.25, -0.2) is 13.4 Å². The molecule has 1 saturated carbocycles. The van der Waals surface area contributed by atoms with Crippen LogP contribution >= 0.6 is 11.3 Å². The number of rotatable bonds is 5. The first-order valence-corrected chi connectivity index (χ1v) is 11.3. The third-order valence-corrected chi connectivity index (χ3v) is 8.03. The van der Waals surface area contributed by atoms with Crippen molar-refractivity contribution in [3.05, 3.63) is 40.4 Å².